The first-order chi connectivity index (χ1) is 16.6. The molecule has 0 spiro atoms. The first kappa shape index (κ1) is 23.5. The molecule has 0 saturated carbocycles. The van der Waals surface area contributed by atoms with Crippen LogP contribution in [0.3, 0.4) is 0 Å². The van der Waals surface area contributed by atoms with Gasteiger partial charge in [-0.1, -0.05) is 20.8 Å². The monoisotopic (exact) mass is 495 g/mol. The third-order valence-electron chi connectivity index (χ3n) is 6.01. The van der Waals surface area contributed by atoms with E-state index >= 15 is 0 Å². The second kappa shape index (κ2) is 9.09. The van der Waals surface area contributed by atoms with Gasteiger partial charge in [-0.25, -0.2) is 9.37 Å². The van der Waals surface area contributed by atoms with Crippen molar-refractivity contribution in [2.45, 2.75) is 33.1 Å². The van der Waals surface area contributed by atoms with Crippen LogP contribution < -0.4 is 15.0 Å². The predicted molar refractivity (Wildman–Crippen MR) is 139 cm³/mol. The summed E-state index contributed by atoms with van der Waals surface area (Å²) < 4.78 is 20.7. The molecule has 5 rings (SSSR count). The van der Waals surface area contributed by atoms with Crippen molar-refractivity contribution < 1.29 is 9.13 Å². The second-order valence-electron chi connectivity index (χ2n) is 10.0. The molecule has 2 N–H and O–H groups in total. The third-order valence-corrected chi connectivity index (χ3v) is 7.35. The van der Waals surface area contributed by atoms with Crippen LogP contribution >= 0.6 is 11.3 Å². The molecule has 8 nitrogen and oxygen atoms in total. The molecule has 35 heavy (non-hydrogen) atoms. The van der Waals surface area contributed by atoms with Crippen LogP contribution in [0.2, 0.25) is 0 Å². The number of nitrogens with one attached hydrogen (secondary N) is 2. The van der Waals surface area contributed by atoms with Gasteiger partial charge in [0.15, 0.2) is 16.7 Å². The highest BCUT2D eigenvalue weighted by Gasteiger charge is 2.21. The summed E-state index contributed by atoms with van der Waals surface area (Å²) in [5, 5.41) is 4.90. The summed E-state index contributed by atoms with van der Waals surface area (Å²) >= 11 is 1.59. The molecule has 184 valence electrons. The lowest BCUT2D eigenvalue weighted by Crippen LogP contribution is -2.44. The van der Waals surface area contributed by atoms with E-state index in [-0.39, 0.29) is 17.2 Å². The van der Waals surface area contributed by atoms with E-state index in [0.29, 0.717) is 5.82 Å². The van der Waals surface area contributed by atoms with Crippen LogP contribution in [0.5, 0.6) is 11.8 Å². The number of benzene rings is 1. The van der Waals surface area contributed by atoms with Gasteiger partial charge >= 0.3 is 6.01 Å². The normalized spacial score (nSPS) is 15.1. The number of aromatic amines is 1. The molecule has 1 saturated heterocycles. The Morgan fingerprint density at radius 1 is 1.09 bits per heavy atom. The fourth-order valence-corrected chi connectivity index (χ4v) is 4.84. The largest absolute Gasteiger partial charge is 0.421 e. The molecule has 0 aliphatic carbocycles. The van der Waals surface area contributed by atoms with Gasteiger partial charge in [0.25, 0.3) is 0 Å². The maximum absolute atomic E-state index is 14.8. The van der Waals surface area contributed by atoms with Crippen molar-refractivity contribution in [3.63, 3.8) is 0 Å². The molecule has 3 aromatic heterocycles. The van der Waals surface area contributed by atoms with Gasteiger partial charge in [0, 0.05) is 66.0 Å². The van der Waals surface area contributed by atoms with Gasteiger partial charge in [0.2, 0.25) is 0 Å². The highest BCUT2D eigenvalue weighted by Crippen LogP contribution is 2.33. The summed E-state index contributed by atoms with van der Waals surface area (Å²) in [6, 6.07) is 7.03. The molecule has 1 aliphatic heterocycles. The van der Waals surface area contributed by atoms with Gasteiger partial charge in [-0.05, 0) is 31.5 Å². The number of nitrogens with zero attached hydrogens (tertiary/aromatic N) is 5. The van der Waals surface area contributed by atoms with Gasteiger partial charge in [-0.2, -0.15) is 9.97 Å². The van der Waals surface area contributed by atoms with E-state index < -0.39 is 5.82 Å². The van der Waals surface area contributed by atoms with E-state index in [9.17, 15) is 4.39 Å². The Hall–Kier alpha value is -3.24. The summed E-state index contributed by atoms with van der Waals surface area (Å²) in [4.78, 5) is 22.5. The average Bonchev–Trinajstić information content (AvgIpc) is 3.40. The number of fused-ring (bicyclic) bond motifs is 1. The Labute approximate surface area is 208 Å². The van der Waals surface area contributed by atoms with E-state index in [1.807, 2.05) is 25.3 Å². The number of piperazine rings is 1. The van der Waals surface area contributed by atoms with Gasteiger partial charge < -0.3 is 24.8 Å². The molecule has 0 unspecified atom stereocenters. The highest BCUT2D eigenvalue weighted by molar-refractivity contribution is 7.15. The predicted octanol–water partition coefficient (Wildman–Crippen LogP) is 5.45. The number of hydrogen-bond donors (Lipinski definition) is 2. The average molecular weight is 496 g/mol. The Bertz CT molecular complexity index is 1350. The summed E-state index contributed by atoms with van der Waals surface area (Å²) in [6.07, 6.45) is 1.89. The first-order valence-corrected chi connectivity index (χ1v) is 12.5. The number of hydrogen-bond acceptors (Lipinski definition) is 8. The lowest BCUT2D eigenvalue weighted by atomic mass is 9.96. The molecular weight excluding hydrogens is 465 g/mol. The summed E-state index contributed by atoms with van der Waals surface area (Å²) in [5.41, 5.74) is 1.68. The second-order valence-corrected chi connectivity index (χ2v) is 11.0. The SMILES string of the molecule is Cc1cc2cc(Oc3nc(Nc4ncc(C(C)(C)C)s4)cc(N4CCN(C)CC4)n3)c(F)cc2[nH]1. The molecule has 0 radical (unpaired) electrons. The minimum Gasteiger partial charge on any atom is -0.421 e. The zero-order valence-electron chi connectivity index (χ0n) is 20.6. The van der Waals surface area contributed by atoms with Crippen LogP contribution in [-0.4, -0.2) is 58.1 Å². The highest BCUT2D eigenvalue weighted by atomic mass is 32.1. The van der Waals surface area contributed by atoms with Gasteiger partial charge in [0.1, 0.15) is 11.6 Å². The Kier molecular flexibility index (Phi) is 6.10. The zero-order chi connectivity index (χ0) is 24.7. The zero-order valence-corrected chi connectivity index (χ0v) is 21.5. The molecule has 1 aliphatic rings. The van der Waals surface area contributed by atoms with Crippen molar-refractivity contribution in [1.82, 2.24) is 24.8 Å². The van der Waals surface area contributed by atoms with Crippen LogP contribution in [0.4, 0.5) is 21.2 Å². The molecule has 1 aromatic carbocycles. The summed E-state index contributed by atoms with van der Waals surface area (Å²) in [7, 11) is 2.11. The van der Waals surface area contributed by atoms with Crippen molar-refractivity contribution >= 4 is 39.0 Å². The lowest BCUT2D eigenvalue weighted by Gasteiger charge is -2.33. The van der Waals surface area contributed by atoms with E-state index in [4.69, 9.17) is 4.74 Å². The number of aryl methyl sites for hydroxylation is 1. The third kappa shape index (κ3) is 5.23. The fourth-order valence-electron chi connectivity index (χ4n) is 3.96. The van der Waals surface area contributed by atoms with E-state index in [0.717, 1.165) is 53.7 Å². The summed E-state index contributed by atoms with van der Waals surface area (Å²) in [5.74, 6) is 0.898. The van der Waals surface area contributed by atoms with Crippen LogP contribution in [0.25, 0.3) is 10.9 Å². The number of aromatic nitrogens is 4. The van der Waals surface area contributed by atoms with Gasteiger partial charge in [0.05, 0.1) is 0 Å². The van der Waals surface area contributed by atoms with Gasteiger partial charge in [-0.3, -0.25) is 0 Å². The minimum absolute atomic E-state index is 0.00921. The van der Waals surface area contributed by atoms with Crippen LogP contribution in [0, 0.1) is 12.7 Å². The minimum atomic E-state index is -0.475. The number of halogens is 1. The van der Waals surface area contributed by atoms with Crippen LogP contribution in [0.1, 0.15) is 31.3 Å². The summed E-state index contributed by atoms with van der Waals surface area (Å²) in [6.45, 7) is 11.9. The molecule has 0 atom stereocenters. The van der Waals surface area contributed by atoms with Gasteiger partial charge in [-0.15, -0.1) is 11.3 Å². The number of ether oxygens (including phenoxy) is 1. The number of likely N-dealkylation sites (N-methyl/N-ethyl adjacent to an activating group) is 1. The molecule has 1 fully saturated rings. The molecule has 10 heteroatoms. The maximum atomic E-state index is 14.8. The molecule has 4 aromatic rings. The van der Waals surface area contributed by atoms with E-state index in [1.165, 1.54) is 10.9 Å². The fraction of sp³-hybridized carbons (Fsp3) is 0.400. The first-order valence-electron chi connectivity index (χ1n) is 11.7. The molecule has 4 heterocycles. The van der Waals surface area contributed by atoms with Crippen LogP contribution in [-0.2, 0) is 5.41 Å². The van der Waals surface area contributed by atoms with Crippen molar-refractivity contribution in [3.8, 4) is 11.8 Å². The smallest absolute Gasteiger partial charge is 0.326 e. The Balaban J connectivity index is 1.48. The lowest BCUT2D eigenvalue weighted by molar-refractivity contribution is 0.311. The number of thiazole rings is 1. The topological polar surface area (TPSA) is 82.2 Å². The van der Waals surface area contributed by atoms with E-state index in [2.05, 4.69) is 62.9 Å². The maximum Gasteiger partial charge on any atom is 0.326 e. The van der Waals surface area contributed by atoms with Crippen molar-refractivity contribution in [2.24, 2.45) is 0 Å². The number of anilines is 3. The van der Waals surface area contributed by atoms with Crippen molar-refractivity contribution in [3.05, 3.63) is 46.9 Å². The van der Waals surface area contributed by atoms with Crippen molar-refractivity contribution in [2.75, 3.05) is 43.4 Å². The van der Waals surface area contributed by atoms with E-state index in [1.54, 1.807) is 17.4 Å². The number of H-pyrrole nitrogens is 1. The van der Waals surface area contributed by atoms with Crippen molar-refractivity contribution in [1.29, 1.82) is 0 Å². The Morgan fingerprint density at radius 2 is 1.86 bits per heavy atom. The standard InChI is InChI=1S/C25H30FN7OS/c1-15-10-16-11-19(17(26)12-18(16)28-15)34-23-29-21(30-24-27-14-20(35-24)25(2,3)4)13-22(31-23)33-8-6-32(5)7-9-33/h10-14,28H,6-9H2,1-5H3,(H,27,29,30,31). The van der Waals surface area contributed by atoms with Crippen LogP contribution in [0.15, 0.2) is 30.5 Å². The Morgan fingerprint density at radius 3 is 2.57 bits per heavy atom. The molecule has 0 amide bonds. The molecular formula is C25H30FN7OS. The molecule has 0 bridgehead atoms. The number of rotatable bonds is 5. The quantitative estimate of drug-likeness (QED) is 0.381.